The minimum atomic E-state index is -0.844. The van der Waals surface area contributed by atoms with Crippen molar-refractivity contribution < 1.29 is 38.3 Å². The van der Waals surface area contributed by atoms with Gasteiger partial charge in [0, 0.05) is 104 Å². The summed E-state index contributed by atoms with van der Waals surface area (Å²) in [4.78, 5) is 87.5. The van der Waals surface area contributed by atoms with E-state index in [2.05, 4.69) is 15.1 Å². The molecule has 0 bridgehead atoms. The maximum Gasteiger partial charge on any atom is 0.239 e. The van der Waals surface area contributed by atoms with Crippen LogP contribution >= 0.6 is 0 Å². The summed E-state index contributed by atoms with van der Waals surface area (Å²) in [6, 6.07) is -0.196. The number of hydrogen-bond acceptors (Lipinski definition) is 13. The summed E-state index contributed by atoms with van der Waals surface area (Å²) >= 11 is 0. The first-order valence-corrected chi connectivity index (χ1v) is 23.1. The van der Waals surface area contributed by atoms with Crippen molar-refractivity contribution in [2.45, 2.75) is 115 Å². The van der Waals surface area contributed by atoms with E-state index < -0.39 is 6.17 Å². The number of carbonyl (C=O) groups excluding carboxylic acids is 6. The Morgan fingerprint density at radius 3 is 1.13 bits per heavy atom. The van der Waals surface area contributed by atoms with E-state index in [1.165, 1.54) is 17.7 Å². The van der Waals surface area contributed by atoms with Crippen LogP contribution in [-0.2, 0) is 28.8 Å². The van der Waals surface area contributed by atoms with Gasteiger partial charge in [0.1, 0.15) is 6.17 Å². The molecule has 0 radical (unpaired) electrons. The number of halogens is 1. The van der Waals surface area contributed by atoms with Crippen molar-refractivity contribution in [3.8, 4) is 0 Å². The first kappa shape index (κ1) is 67.7. The lowest BCUT2D eigenvalue weighted by molar-refractivity contribution is -0.135. The number of β-amino-alcohol motifs (C(OH)–C–C–N with tert-alkyl or cyclic N) is 1. The summed E-state index contributed by atoms with van der Waals surface area (Å²) in [5.41, 5.74) is 0. The molecule has 396 valence electrons. The summed E-state index contributed by atoms with van der Waals surface area (Å²) in [6.07, 6.45) is 5.33. The van der Waals surface area contributed by atoms with Crippen LogP contribution in [0.4, 0.5) is 4.39 Å². The van der Waals surface area contributed by atoms with Crippen molar-refractivity contribution >= 4 is 35.4 Å². The van der Waals surface area contributed by atoms with Crippen molar-refractivity contribution in [3.63, 3.8) is 0 Å². The Morgan fingerprint density at radius 2 is 0.881 bits per heavy atom. The number of aliphatic hydroxyl groups is 1. The molecule has 8 atom stereocenters. The number of carbonyl (C=O) groups is 6. The Balaban J connectivity index is -0.000000734. The molecule has 0 spiro atoms. The smallest absolute Gasteiger partial charge is 0.239 e. The van der Waals surface area contributed by atoms with Gasteiger partial charge in [-0.3, -0.25) is 53.3 Å². The van der Waals surface area contributed by atoms with Crippen LogP contribution in [0.15, 0.2) is 0 Å². The quantitative estimate of drug-likeness (QED) is 0.342. The predicted molar refractivity (Wildman–Crippen MR) is 269 cm³/mol. The Hall–Kier alpha value is -3.53. The van der Waals surface area contributed by atoms with E-state index in [1.54, 1.807) is 99.9 Å². The second-order valence-electron chi connectivity index (χ2n) is 19.3. The van der Waals surface area contributed by atoms with E-state index in [-0.39, 0.29) is 85.2 Å². The standard InChI is InChI=1S/C9H18N2O.C8H15FN2O.C8H16N2O2.C8H16N2O.C7H16N2O.C6H14N2O.CH4/c1-10(2)9(12)8-6-4-5-7-11(8)3;1-10(2)8(12)7-4-6(9)5-11(7)3;1-9(2)8(12)7-4-6(11)5-10(7)3;1-9(2)8(11)7-5-4-6-10(7)3;1-6(8(2)3)7(10)9(4)5;1-5(7-2)6(9)8(3)4;/h8H,4-7H2,1-3H3;6-7H,4-5H2,1-3H3;6-7,11H,4-5H2,1-3H3;7H,4-6H2,1-3H3;6H,1-5H3;5,7H,1-4H3;1H4/t8-;2*6?,7-;7-;6-;5-;/m000000./s1. The molecule has 6 amide bonds. The van der Waals surface area contributed by atoms with Crippen LogP contribution in [0.5, 0.6) is 0 Å². The molecule has 4 aliphatic heterocycles. The second kappa shape index (κ2) is 33.9. The molecule has 0 saturated carbocycles. The lowest BCUT2D eigenvalue weighted by Crippen LogP contribution is -2.47. The molecule has 20 heteroatoms. The number of amides is 6. The van der Waals surface area contributed by atoms with Crippen LogP contribution < -0.4 is 5.32 Å². The van der Waals surface area contributed by atoms with Crippen molar-refractivity contribution in [1.29, 1.82) is 0 Å². The molecular weight excluding hydrogens is 864 g/mol. The second-order valence-corrected chi connectivity index (χ2v) is 19.3. The number of nitrogens with zero attached hydrogens (tertiary/aromatic N) is 11. The van der Waals surface area contributed by atoms with Gasteiger partial charge in [0.25, 0.3) is 0 Å². The van der Waals surface area contributed by atoms with E-state index in [4.69, 9.17) is 0 Å². The van der Waals surface area contributed by atoms with Crippen LogP contribution in [0.1, 0.15) is 66.2 Å². The normalized spacial score (nSPS) is 23.5. The Morgan fingerprint density at radius 1 is 0.522 bits per heavy atom. The van der Waals surface area contributed by atoms with E-state index >= 15 is 0 Å². The van der Waals surface area contributed by atoms with Crippen molar-refractivity contribution in [1.82, 2.24) is 59.2 Å². The highest BCUT2D eigenvalue weighted by molar-refractivity contribution is 5.83. The largest absolute Gasteiger partial charge is 0.392 e. The summed E-state index contributed by atoms with van der Waals surface area (Å²) < 4.78 is 12.8. The fraction of sp³-hybridized carbons (Fsp3) is 0.872. The van der Waals surface area contributed by atoms with Crippen LogP contribution in [0.3, 0.4) is 0 Å². The van der Waals surface area contributed by atoms with Crippen molar-refractivity contribution in [2.24, 2.45) is 0 Å². The molecule has 4 aliphatic rings. The number of aliphatic hydroxyl groups excluding tert-OH is 1. The molecule has 0 aromatic carbocycles. The van der Waals surface area contributed by atoms with E-state index in [0.29, 0.717) is 25.9 Å². The van der Waals surface area contributed by atoms with Gasteiger partial charge >= 0.3 is 0 Å². The van der Waals surface area contributed by atoms with E-state index in [9.17, 15) is 38.3 Å². The highest BCUT2D eigenvalue weighted by Gasteiger charge is 2.36. The van der Waals surface area contributed by atoms with Crippen molar-refractivity contribution in [3.05, 3.63) is 0 Å². The van der Waals surface area contributed by atoms with Crippen LogP contribution in [0, 0.1) is 0 Å². The van der Waals surface area contributed by atoms with Gasteiger partial charge in [0.15, 0.2) is 0 Å². The maximum atomic E-state index is 12.8. The fourth-order valence-corrected chi connectivity index (χ4v) is 7.39. The first-order chi connectivity index (χ1) is 30.3. The van der Waals surface area contributed by atoms with E-state index in [1.807, 2.05) is 87.1 Å². The summed E-state index contributed by atoms with van der Waals surface area (Å²) in [5, 5.41) is 12.1. The Labute approximate surface area is 406 Å². The maximum absolute atomic E-state index is 12.8. The number of likely N-dealkylation sites (tertiary alicyclic amines) is 4. The fourth-order valence-electron chi connectivity index (χ4n) is 7.39. The topological polar surface area (TPSA) is 170 Å². The van der Waals surface area contributed by atoms with Gasteiger partial charge in [-0.25, -0.2) is 4.39 Å². The molecule has 4 fully saturated rings. The third-order valence-electron chi connectivity index (χ3n) is 12.0. The molecule has 2 N–H and O–H groups in total. The number of alkyl halides is 1. The van der Waals surface area contributed by atoms with Gasteiger partial charge in [-0.15, -0.1) is 0 Å². The monoisotopic (exact) mass is 963 g/mol. The van der Waals surface area contributed by atoms with E-state index in [0.717, 1.165) is 32.4 Å². The third-order valence-corrected chi connectivity index (χ3v) is 12.0. The molecule has 0 aromatic heterocycles. The summed E-state index contributed by atoms with van der Waals surface area (Å²) in [7, 11) is 34.4. The zero-order chi connectivity index (χ0) is 51.9. The molecule has 4 rings (SSSR count). The molecule has 4 heterocycles. The number of piperidine rings is 1. The molecule has 2 unspecified atom stereocenters. The van der Waals surface area contributed by atoms with Gasteiger partial charge in [0.2, 0.25) is 35.4 Å². The molecular formula is C47H99FN12O7. The van der Waals surface area contributed by atoms with Crippen LogP contribution in [0.2, 0.25) is 0 Å². The average Bonchev–Trinajstić information content (AvgIpc) is 3.94. The number of nitrogens with one attached hydrogen (secondary N) is 1. The minimum Gasteiger partial charge on any atom is -0.392 e. The zero-order valence-electron chi connectivity index (χ0n) is 45.1. The van der Waals surface area contributed by atoms with Crippen LogP contribution in [-0.4, -0.2) is 303 Å². The average molecular weight is 963 g/mol. The van der Waals surface area contributed by atoms with Gasteiger partial charge in [-0.05, 0) is 108 Å². The predicted octanol–water partition coefficient (Wildman–Crippen LogP) is 0.327. The molecule has 19 nitrogen and oxygen atoms in total. The third kappa shape index (κ3) is 25.1. The lowest BCUT2D eigenvalue weighted by Gasteiger charge is -2.32. The number of rotatable bonds is 8. The first-order valence-electron chi connectivity index (χ1n) is 23.1. The minimum absolute atomic E-state index is 0. The SMILES string of the molecule is C.CN(C)C(=O)[C@@H]1CC(F)CN1C.CN(C)C(=O)[C@@H]1CC(O)CN1C.CN(C)C(=O)[C@@H]1CCCCN1C.CN(C)C(=O)[C@@H]1CCCN1C.CN[C@@H](C)C(=O)N(C)C.C[C@@H](C(=O)N(C)C)N(C)C. The zero-order valence-corrected chi connectivity index (χ0v) is 45.1. The van der Waals surface area contributed by atoms with Gasteiger partial charge in [-0.2, -0.15) is 0 Å². The highest BCUT2D eigenvalue weighted by Crippen LogP contribution is 2.20. The van der Waals surface area contributed by atoms with Gasteiger partial charge < -0.3 is 39.8 Å². The summed E-state index contributed by atoms with van der Waals surface area (Å²) in [6.45, 7) is 6.83. The molecule has 0 aromatic rings. The van der Waals surface area contributed by atoms with Gasteiger partial charge in [0.05, 0.1) is 42.4 Å². The van der Waals surface area contributed by atoms with Crippen molar-refractivity contribution in [2.75, 3.05) is 160 Å². The molecule has 4 saturated heterocycles. The Bertz CT molecular complexity index is 1380. The summed E-state index contributed by atoms with van der Waals surface area (Å²) in [5.74, 6) is 0.816. The highest BCUT2D eigenvalue weighted by atomic mass is 19.1. The number of hydrogen-bond donors (Lipinski definition) is 2. The number of likely N-dealkylation sites (N-methyl/N-ethyl adjacent to an activating group) is 12. The van der Waals surface area contributed by atoms with Crippen LogP contribution in [0.25, 0.3) is 0 Å². The lowest BCUT2D eigenvalue weighted by atomic mass is 10.0. The van der Waals surface area contributed by atoms with Gasteiger partial charge in [-0.1, -0.05) is 13.8 Å². The Kier molecular flexibility index (Phi) is 34.3. The molecule has 67 heavy (non-hydrogen) atoms. The molecule has 0 aliphatic carbocycles.